The molecule has 4 atom stereocenters. The van der Waals surface area contributed by atoms with Crippen molar-refractivity contribution in [2.75, 3.05) is 0 Å². The fraction of sp³-hybridized carbons (Fsp3) is 1.00. The zero-order chi connectivity index (χ0) is 10.1. The topological polar surface area (TPSA) is 0 Å². The minimum atomic E-state index is 0.640. The molecule has 1 fully saturated rings. The van der Waals surface area contributed by atoms with Gasteiger partial charge in [-0.2, -0.15) is 0 Å². The Kier molecular flexibility index (Phi) is 3.43. The summed E-state index contributed by atoms with van der Waals surface area (Å²) in [4.78, 5) is 0. The first-order valence-electron chi connectivity index (χ1n) is 6.03. The molecule has 0 spiro atoms. The third-order valence-corrected chi connectivity index (χ3v) is 4.70. The molecule has 0 aromatic rings. The monoisotopic (exact) mass is 182 g/mol. The SMILES string of the molecule is CCC1CC(C)C(C)CC1(C)CC. The molecule has 0 radical (unpaired) electrons. The van der Waals surface area contributed by atoms with Gasteiger partial charge in [-0.15, -0.1) is 0 Å². The third kappa shape index (κ3) is 2.08. The summed E-state index contributed by atoms with van der Waals surface area (Å²) in [5.74, 6) is 2.86. The molecular formula is C13H26. The van der Waals surface area contributed by atoms with Crippen molar-refractivity contribution in [1.82, 2.24) is 0 Å². The second-order valence-electron chi connectivity index (χ2n) is 5.51. The normalized spacial score (nSPS) is 46.4. The van der Waals surface area contributed by atoms with E-state index >= 15 is 0 Å². The molecule has 0 aliphatic heterocycles. The number of hydrogen-bond donors (Lipinski definition) is 0. The van der Waals surface area contributed by atoms with Crippen molar-refractivity contribution in [2.24, 2.45) is 23.2 Å². The van der Waals surface area contributed by atoms with Crippen LogP contribution in [0.3, 0.4) is 0 Å². The molecule has 78 valence electrons. The van der Waals surface area contributed by atoms with Crippen LogP contribution in [0.4, 0.5) is 0 Å². The predicted molar refractivity (Wildman–Crippen MR) is 59.7 cm³/mol. The van der Waals surface area contributed by atoms with Gasteiger partial charge in [-0.1, -0.05) is 47.5 Å². The molecule has 1 aliphatic carbocycles. The Hall–Kier alpha value is 0. The van der Waals surface area contributed by atoms with Gasteiger partial charge in [0.2, 0.25) is 0 Å². The molecular weight excluding hydrogens is 156 g/mol. The second kappa shape index (κ2) is 4.02. The lowest BCUT2D eigenvalue weighted by Crippen LogP contribution is -2.37. The molecule has 0 heterocycles. The first-order valence-corrected chi connectivity index (χ1v) is 6.03. The highest BCUT2D eigenvalue weighted by Gasteiger charge is 2.39. The predicted octanol–water partition coefficient (Wildman–Crippen LogP) is 4.49. The van der Waals surface area contributed by atoms with Gasteiger partial charge < -0.3 is 0 Å². The van der Waals surface area contributed by atoms with Crippen LogP contribution in [-0.4, -0.2) is 0 Å². The van der Waals surface area contributed by atoms with Crippen LogP contribution < -0.4 is 0 Å². The molecule has 1 saturated carbocycles. The zero-order valence-electron chi connectivity index (χ0n) is 10.1. The van der Waals surface area contributed by atoms with Crippen molar-refractivity contribution in [3.8, 4) is 0 Å². The van der Waals surface area contributed by atoms with Crippen LogP contribution >= 0.6 is 0 Å². The molecule has 0 amide bonds. The molecule has 13 heavy (non-hydrogen) atoms. The molecule has 0 nitrogen and oxygen atoms in total. The molecule has 4 unspecified atom stereocenters. The molecule has 0 heteroatoms. The van der Waals surface area contributed by atoms with Gasteiger partial charge in [0.1, 0.15) is 0 Å². The smallest absolute Gasteiger partial charge is 0.0298 e. The van der Waals surface area contributed by atoms with E-state index < -0.39 is 0 Å². The van der Waals surface area contributed by atoms with Crippen LogP contribution in [0.1, 0.15) is 60.3 Å². The average Bonchev–Trinajstić information content (AvgIpc) is 2.11. The molecule has 0 N–H and O–H groups in total. The molecule has 1 rings (SSSR count). The maximum Gasteiger partial charge on any atom is -0.0298 e. The molecule has 0 bridgehead atoms. The maximum atomic E-state index is 2.50. The molecule has 0 saturated heterocycles. The lowest BCUT2D eigenvalue weighted by atomic mass is 9.59. The van der Waals surface area contributed by atoms with E-state index in [1.165, 1.54) is 25.7 Å². The Labute approximate surface area is 84.1 Å². The summed E-state index contributed by atoms with van der Waals surface area (Å²) in [5.41, 5.74) is 0.640. The maximum absolute atomic E-state index is 2.50. The van der Waals surface area contributed by atoms with Crippen molar-refractivity contribution in [3.63, 3.8) is 0 Å². The minimum absolute atomic E-state index is 0.640. The Balaban J connectivity index is 2.72. The first kappa shape index (κ1) is 11.1. The van der Waals surface area contributed by atoms with E-state index in [0.29, 0.717) is 5.41 Å². The van der Waals surface area contributed by atoms with E-state index in [2.05, 4.69) is 34.6 Å². The van der Waals surface area contributed by atoms with Gasteiger partial charge in [0, 0.05) is 0 Å². The van der Waals surface area contributed by atoms with Crippen LogP contribution in [0.2, 0.25) is 0 Å². The second-order valence-corrected chi connectivity index (χ2v) is 5.51. The van der Waals surface area contributed by atoms with E-state index in [0.717, 1.165) is 17.8 Å². The highest BCUT2D eigenvalue weighted by atomic mass is 14.4. The van der Waals surface area contributed by atoms with Crippen LogP contribution in [-0.2, 0) is 0 Å². The lowest BCUT2D eigenvalue weighted by Gasteiger charge is -2.46. The molecule has 1 aliphatic rings. The van der Waals surface area contributed by atoms with Crippen molar-refractivity contribution < 1.29 is 0 Å². The van der Waals surface area contributed by atoms with E-state index in [-0.39, 0.29) is 0 Å². The van der Waals surface area contributed by atoms with E-state index in [4.69, 9.17) is 0 Å². The quantitative estimate of drug-likeness (QED) is 0.590. The van der Waals surface area contributed by atoms with E-state index in [1.54, 1.807) is 0 Å². The fourth-order valence-corrected chi connectivity index (χ4v) is 3.16. The average molecular weight is 182 g/mol. The van der Waals surface area contributed by atoms with Gasteiger partial charge >= 0.3 is 0 Å². The summed E-state index contributed by atoms with van der Waals surface area (Å²) < 4.78 is 0. The minimum Gasteiger partial charge on any atom is -0.0651 e. The van der Waals surface area contributed by atoms with E-state index in [9.17, 15) is 0 Å². The Morgan fingerprint density at radius 2 is 1.77 bits per heavy atom. The summed E-state index contributed by atoms with van der Waals surface area (Å²) in [7, 11) is 0. The van der Waals surface area contributed by atoms with Gasteiger partial charge in [0.05, 0.1) is 0 Å². The van der Waals surface area contributed by atoms with Crippen molar-refractivity contribution in [1.29, 1.82) is 0 Å². The van der Waals surface area contributed by atoms with Crippen molar-refractivity contribution in [3.05, 3.63) is 0 Å². The standard InChI is InChI=1S/C13H26/c1-6-12-8-10(3)11(4)9-13(12,5)7-2/h10-12H,6-9H2,1-5H3. The van der Waals surface area contributed by atoms with Crippen LogP contribution in [0.25, 0.3) is 0 Å². The summed E-state index contributed by atoms with van der Waals surface area (Å²) in [5, 5.41) is 0. The van der Waals surface area contributed by atoms with Gasteiger partial charge in [-0.05, 0) is 36.0 Å². The summed E-state index contributed by atoms with van der Waals surface area (Å²) in [6, 6.07) is 0. The zero-order valence-corrected chi connectivity index (χ0v) is 10.1. The van der Waals surface area contributed by atoms with Crippen LogP contribution in [0.15, 0.2) is 0 Å². The highest BCUT2D eigenvalue weighted by molar-refractivity contribution is 4.89. The van der Waals surface area contributed by atoms with Gasteiger partial charge in [0.15, 0.2) is 0 Å². The highest BCUT2D eigenvalue weighted by Crippen LogP contribution is 2.49. The molecule has 0 aromatic heterocycles. The van der Waals surface area contributed by atoms with Crippen LogP contribution in [0, 0.1) is 23.2 Å². The van der Waals surface area contributed by atoms with Gasteiger partial charge in [-0.25, -0.2) is 0 Å². The number of hydrogen-bond acceptors (Lipinski definition) is 0. The number of rotatable bonds is 2. The van der Waals surface area contributed by atoms with Crippen molar-refractivity contribution >= 4 is 0 Å². The summed E-state index contributed by atoms with van der Waals surface area (Å²) in [6.07, 6.45) is 5.65. The van der Waals surface area contributed by atoms with Gasteiger partial charge in [0.25, 0.3) is 0 Å². The first-order chi connectivity index (χ1) is 6.03. The Morgan fingerprint density at radius 1 is 1.15 bits per heavy atom. The van der Waals surface area contributed by atoms with Gasteiger partial charge in [-0.3, -0.25) is 0 Å². The summed E-state index contributed by atoms with van der Waals surface area (Å²) >= 11 is 0. The van der Waals surface area contributed by atoms with Crippen molar-refractivity contribution in [2.45, 2.75) is 60.3 Å². The Bertz CT molecular complexity index is 161. The fourth-order valence-electron chi connectivity index (χ4n) is 3.16. The third-order valence-electron chi connectivity index (χ3n) is 4.70. The largest absolute Gasteiger partial charge is 0.0651 e. The Morgan fingerprint density at radius 3 is 2.23 bits per heavy atom. The van der Waals surface area contributed by atoms with Crippen LogP contribution in [0.5, 0.6) is 0 Å². The summed E-state index contributed by atoms with van der Waals surface area (Å²) in [6.45, 7) is 12.1. The van der Waals surface area contributed by atoms with E-state index in [1.807, 2.05) is 0 Å². The lowest BCUT2D eigenvalue weighted by molar-refractivity contribution is 0.0397. The molecule has 0 aromatic carbocycles.